The van der Waals surface area contributed by atoms with E-state index >= 15 is 0 Å². The van der Waals surface area contributed by atoms with Gasteiger partial charge in [0.05, 0.1) is 11.2 Å². The topological polar surface area (TPSA) is 73.8 Å². The van der Waals surface area contributed by atoms with Gasteiger partial charge < -0.3 is 5.73 Å². The number of nitrogens with two attached hydrogens (primary N) is 1. The Morgan fingerprint density at radius 1 is 1.00 bits per heavy atom. The van der Waals surface area contributed by atoms with Gasteiger partial charge in [-0.2, -0.15) is 0 Å². The van der Waals surface area contributed by atoms with Crippen molar-refractivity contribution in [2.24, 2.45) is 7.05 Å². The molecule has 134 valence electrons. The van der Waals surface area contributed by atoms with Gasteiger partial charge in [-0.25, -0.2) is 4.98 Å². The maximum absolute atomic E-state index is 11.9. The van der Waals surface area contributed by atoms with Crippen molar-refractivity contribution < 1.29 is 0 Å². The molecule has 0 saturated carbocycles. The smallest absolute Gasteiger partial charge is 0.254 e. The van der Waals surface area contributed by atoms with Gasteiger partial charge in [-0.15, -0.1) is 0 Å². The summed E-state index contributed by atoms with van der Waals surface area (Å²) in [6.07, 6.45) is 3.27. The molecule has 0 bridgehead atoms. The first-order valence-electron chi connectivity index (χ1n) is 8.87. The van der Waals surface area contributed by atoms with E-state index in [-0.39, 0.29) is 11.5 Å². The summed E-state index contributed by atoms with van der Waals surface area (Å²) >= 11 is 0. The molecule has 2 aromatic heterocycles. The molecule has 2 N–H and O–H groups in total. The third-order valence-electron chi connectivity index (χ3n) is 4.76. The van der Waals surface area contributed by atoms with Crippen molar-refractivity contribution in [1.82, 2.24) is 14.5 Å². The minimum Gasteiger partial charge on any atom is -0.369 e. The number of rotatable bonds is 4. The van der Waals surface area contributed by atoms with E-state index in [1.54, 1.807) is 13.1 Å². The number of anilines is 1. The van der Waals surface area contributed by atoms with E-state index in [4.69, 9.17) is 5.73 Å². The third-order valence-corrected chi connectivity index (χ3v) is 4.76. The van der Waals surface area contributed by atoms with Crippen LogP contribution in [0.5, 0.6) is 0 Å². The van der Waals surface area contributed by atoms with Gasteiger partial charge in [-0.1, -0.05) is 48.5 Å². The van der Waals surface area contributed by atoms with E-state index in [9.17, 15) is 4.79 Å². The van der Waals surface area contributed by atoms with Crippen molar-refractivity contribution in [2.45, 2.75) is 12.8 Å². The molecule has 2 heterocycles. The molecule has 4 rings (SSSR count). The van der Waals surface area contributed by atoms with Gasteiger partial charge >= 0.3 is 0 Å². The normalized spacial score (nSPS) is 11.0. The Morgan fingerprint density at radius 3 is 2.67 bits per heavy atom. The number of nitrogens with zero attached hydrogens (tertiary/aromatic N) is 3. The van der Waals surface area contributed by atoms with Crippen molar-refractivity contribution in [3.8, 4) is 11.1 Å². The number of pyridine rings is 1. The van der Waals surface area contributed by atoms with Crippen LogP contribution in [-0.4, -0.2) is 14.5 Å². The molecular weight excluding hydrogens is 336 g/mol. The Kier molecular flexibility index (Phi) is 4.42. The predicted octanol–water partition coefficient (Wildman–Crippen LogP) is 3.36. The maximum Gasteiger partial charge on any atom is 0.254 e. The van der Waals surface area contributed by atoms with Crippen molar-refractivity contribution in [1.29, 1.82) is 0 Å². The van der Waals surface area contributed by atoms with Crippen LogP contribution in [0.3, 0.4) is 0 Å². The SMILES string of the molecule is Cn1c(N)nc(CCc2cccc(-c3cccc4cccnc34)c2)cc1=O. The molecule has 0 atom stereocenters. The first-order valence-corrected chi connectivity index (χ1v) is 8.87. The van der Waals surface area contributed by atoms with Crippen LogP contribution in [0.25, 0.3) is 22.0 Å². The molecule has 4 aromatic rings. The number of aromatic nitrogens is 3. The van der Waals surface area contributed by atoms with Gasteiger partial charge in [0.25, 0.3) is 5.56 Å². The van der Waals surface area contributed by atoms with E-state index in [0.717, 1.165) is 28.5 Å². The van der Waals surface area contributed by atoms with Crippen molar-refractivity contribution in [3.63, 3.8) is 0 Å². The van der Waals surface area contributed by atoms with Crippen LogP contribution >= 0.6 is 0 Å². The van der Waals surface area contributed by atoms with Gasteiger partial charge in [0.2, 0.25) is 5.95 Å². The number of hydrogen-bond donors (Lipinski definition) is 1. The number of fused-ring (bicyclic) bond motifs is 1. The lowest BCUT2D eigenvalue weighted by Gasteiger charge is -2.09. The molecular formula is C22H20N4O. The fourth-order valence-electron chi connectivity index (χ4n) is 3.24. The summed E-state index contributed by atoms with van der Waals surface area (Å²) in [5.74, 6) is 0.244. The Balaban J connectivity index is 1.62. The van der Waals surface area contributed by atoms with Crippen LogP contribution in [0.1, 0.15) is 11.3 Å². The van der Waals surface area contributed by atoms with Gasteiger partial charge in [0.1, 0.15) is 0 Å². The summed E-state index contributed by atoms with van der Waals surface area (Å²) < 4.78 is 1.34. The minimum atomic E-state index is -0.131. The summed E-state index contributed by atoms with van der Waals surface area (Å²) in [6.45, 7) is 0. The molecule has 5 nitrogen and oxygen atoms in total. The van der Waals surface area contributed by atoms with E-state index in [1.807, 2.05) is 12.3 Å². The minimum absolute atomic E-state index is 0.131. The highest BCUT2D eigenvalue weighted by atomic mass is 16.1. The Bertz CT molecular complexity index is 1180. The van der Waals surface area contributed by atoms with Crippen molar-refractivity contribution in [2.75, 3.05) is 5.73 Å². The number of hydrogen-bond acceptors (Lipinski definition) is 4. The summed E-state index contributed by atoms with van der Waals surface area (Å²) in [5.41, 5.74) is 10.8. The van der Waals surface area contributed by atoms with Crippen LogP contribution in [0.2, 0.25) is 0 Å². The lowest BCUT2D eigenvalue weighted by atomic mass is 9.98. The second-order valence-electron chi connectivity index (χ2n) is 6.58. The highest BCUT2D eigenvalue weighted by Crippen LogP contribution is 2.27. The molecule has 0 unspecified atom stereocenters. The average Bonchev–Trinajstić information content (AvgIpc) is 2.70. The Morgan fingerprint density at radius 2 is 1.81 bits per heavy atom. The first kappa shape index (κ1) is 17.0. The van der Waals surface area contributed by atoms with E-state index in [0.29, 0.717) is 12.1 Å². The van der Waals surface area contributed by atoms with Crippen LogP contribution in [0, 0.1) is 0 Å². The molecule has 2 aromatic carbocycles. The molecule has 0 radical (unpaired) electrons. The summed E-state index contributed by atoms with van der Waals surface area (Å²) in [6, 6.07) is 20.2. The van der Waals surface area contributed by atoms with Gasteiger partial charge in [0.15, 0.2) is 0 Å². The molecule has 0 spiro atoms. The summed E-state index contributed by atoms with van der Waals surface area (Å²) in [7, 11) is 1.62. The standard InChI is InChI=1S/C22H20N4O/c1-26-20(27)14-18(25-22(26)23)11-10-15-5-2-7-17(13-15)19-9-3-6-16-8-4-12-24-21(16)19/h2-9,12-14H,10-11H2,1H3,(H2,23,25). The van der Waals surface area contributed by atoms with Crippen molar-refractivity contribution >= 4 is 16.9 Å². The lowest BCUT2D eigenvalue weighted by Crippen LogP contribution is -2.21. The van der Waals surface area contributed by atoms with Crippen LogP contribution in [0.15, 0.2) is 71.7 Å². The molecule has 5 heteroatoms. The van der Waals surface area contributed by atoms with Crippen LogP contribution in [0.4, 0.5) is 5.95 Å². The highest BCUT2D eigenvalue weighted by molar-refractivity contribution is 5.93. The number of para-hydroxylation sites is 1. The monoisotopic (exact) mass is 356 g/mol. The van der Waals surface area contributed by atoms with Crippen LogP contribution < -0.4 is 11.3 Å². The van der Waals surface area contributed by atoms with Crippen molar-refractivity contribution in [3.05, 3.63) is 88.5 Å². The predicted molar refractivity (Wildman–Crippen MR) is 108 cm³/mol. The zero-order valence-electron chi connectivity index (χ0n) is 15.1. The van der Waals surface area contributed by atoms with E-state index in [2.05, 4.69) is 58.5 Å². The Hall–Kier alpha value is -3.47. The average molecular weight is 356 g/mol. The molecule has 0 aliphatic carbocycles. The number of nitrogen functional groups attached to an aromatic ring is 1. The van der Waals surface area contributed by atoms with Gasteiger partial charge in [-0.3, -0.25) is 14.3 Å². The number of aryl methyl sites for hydroxylation is 2. The zero-order chi connectivity index (χ0) is 18.8. The van der Waals surface area contributed by atoms with Gasteiger partial charge in [0, 0.05) is 30.3 Å². The molecule has 27 heavy (non-hydrogen) atoms. The second-order valence-corrected chi connectivity index (χ2v) is 6.58. The summed E-state index contributed by atoms with van der Waals surface area (Å²) in [4.78, 5) is 20.7. The molecule has 0 aliphatic heterocycles. The molecule has 0 aliphatic rings. The second kappa shape index (κ2) is 7.03. The molecule has 0 fully saturated rings. The third kappa shape index (κ3) is 3.44. The fourth-order valence-corrected chi connectivity index (χ4v) is 3.24. The zero-order valence-corrected chi connectivity index (χ0v) is 15.1. The maximum atomic E-state index is 11.9. The molecule has 0 amide bonds. The van der Waals surface area contributed by atoms with E-state index in [1.165, 1.54) is 10.1 Å². The largest absolute Gasteiger partial charge is 0.369 e. The van der Waals surface area contributed by atoms with E-state index < -0.39 is 0 Å². The number of benzene rings is 2. The molecule has 0 saturated heterocycles. The van der Waals surface area contributed by atoms with Gasteiger partial charge in [-0.05, 0) is 30.0 Å². The summed E-state index contributed by atoms with van der Waals surface area (Å²) in [5, 5.41) is 1.13. The quantitative estimate of drug-likeness (QED) is 0.608. The fraction of sp³-hybridized carbons (Fsp3) is 0.136. The first-order chi connectivity index (χ1) is 13.1. The Labute approximate surface area is 157 Å². The lowest BCUT2D eigenvalue weighted by molar-refractivity contribution is 0.806. The highest BCUT2D eigenvalue weighted by Gasteiger charge is 2.07. The van der Waals surface area contributed by atoms with Crippen LogP contribution in [-0.2, 0) is 19.9 Å².